The van der Waals surface area contributed by atoms with Crippen molar-refractivity contribution in [3.8, 4) is 0 Å². The Kier molecular flexibility index (Phi) is 9.57. The Labute approximate surface area is 162 Å². The van der Waals surface area contributed by atoms with Crippen molar-refractivity contribution in [2.75, 3.05) is 26.2 Å². The van der Waals surface area contributed by atoms with Crippen molar-refractivity contribution in [3.63, 3.8) is 0 Å². The molecule has 8 heteroatoms. The van der Waals surface area contributed by atoms with Crippen molar-refractivity contribution in [2.24, 2.45) is 18.0 Å². The van der Waals surface area contributed by atoms with Crippen LogP contribution in [0, 0.1) is 5.92 Å². The lowest BCUT2D eigenvalue weighted by Gasteiger charge is -2.35. The minimum Gasteiger partial charge on any atom is -0.357 e. The third kappa shape index (κ3) is 6.54. The number of aryl methyl sites for hydroxylation is 1. The van der Waals surface area contributed by atoms with Crippen molar-refractivity contribution < 1.29 is 0 Å². The molecule has 0 radical (unpaired) electrons. The Balaban J connectivity index is 0.00000288. The van der Waals surface area contributed by atoms with Crippen LogP contribution in [0.4, 0.5) is 0 Å². The van der Waals surface area contributed by atoms with Crippen molar-refractivity contribution in [1.29, 1.82) is 0 Å². The van der Waals surface area contributed by atoms with Gasteiger partial charge < -0.3 is 10.6 Å². The number of hydrogen-bond donors (Lipinski definition) is 2. The SMILES string of the molecule is CCNC(=NCc1ncnn1C)NCC(C)N1CCC(C)CC1.I. The quantitative estimate of drug-likeness (QED) is 0.393. The smallest absolute Gasteiger partial charge is 0.191 e. The Morgan fingerprint density at radius 3 is 2.67 bits per heavy atom. The summed E-state index contributed by atoms with van der Waals surface area (Å²) in [6.45, 7) is 11.4. The fourth-order valence-electron chi connectivity index (χ4n) is 2.80. The van der Waals surface area contributed by atoms with Crippen LogP contribution in [0.2, 0.25) is 0 Å². The first-order valence-electron chi connectivity index (χ1n) is 8.69. The highest BCUT2D eigenvalue weighted by Gasteiger charge is 2.20. The summed E-state index contributed by atoms with van der Waals surface area (Å²) in [6.07, 6.45) is 4.18. The van der Waals surface area contributed by atoms with Crippen LogP contribution in [0.3, 0.4) is 0 Å². The lowest BCUT2D eigenvalue weighted by Crippen LogP contribution is -2.48. The van der Waals surface area contributed by atoms with E-state index in [4.69, 9.17) is 0 Å². The summed E-state index contributed by atoms with van der Waals surface area (Å²) in [5.74, 6) is 2.57. The third-order valence-corrected chi connectivity index (χ3v) is 4.53. The number of likely N-dealkylation sites (tertiary alicyclic amines) is 1. The Hall–Kier alpha value is -0.900. The van der Waals surface area contributed by atoms with Crippen LogP contribution in [0.1, 0.15) is 39.4 Å². The van der Waals surface area contributed by atoms with Gasteiger partial charge in [-0.05, 0) is 45.7 Å². The largest absolute Gasteiger partial charge is 0.357 e. The van der Waals surface area contributed by atoms with Crippen LogP contribution in [0.15, 0.2) is 11.3 Å². The third-order valence-electron chi connectivity index (χ3n) is 4.53. The molecule has 1 atom stereocenters. The summed E-state index contributed by atoms with van der Waals surface area (Å²) >= 11 is 0. The van der Waals surface area contributed by atoms with E-state index in [1.165, 1.54) is 25.9 Å². The lowest BCUT2D eigenvalue weighted by atomic mass is 9.98. The van der Waals surface area contributed by atoms with Gasteiger partial charge in [-0.25, -0.2) is 9.98 Å². The first kappa shape index (κ1) is 21.1. The lowest BCUT2D eigenvalue weighted by molar-refractivity contribution is 0.147. The maximum absolute atomic E-state index is 4.60. The van der Waals surface area contributed by atoms with E-state index in [0.29, 0.717) is 12.6 Å². The normalized spacial score (nSPS) is 18.1. The van der Waals surface area contributed by atoms with E-state index in [1.54, 1.807) is 11.0 Å². The van der Waals surface area contributed by atoms with Gasteiger partial charge in [-0.2, -0.15) is 5.10 Å². The zero-order valence-electron chi connectivity index (χ0n) is 15.3. The molecule has 2 rings (SSSR count). The van der Waals surface area contributed by atoms with Crippen LogP contribution in [0.5, 0.6) is 0 Å². The molecule has 1 aromatic rings. The molecular formula is C16H32IN7. The Morgan fingerprint density at radius 1 is 1.38 bits per heavy atom. The zero-order chi connectivity index (χ0) is 16.7. The average molecular weight is 449 g/mol. The number of nitrogens with zero attached hydrogens (tertiary/aromatic N) is 5. The molecule has 1 fully saturated rings. The van der Waals surface area contributed by atoms with Crippen LogP contribution >= 0.6 is 24.0 Å². The molecule has 0 spiro atoms. The first-order valence-corrected chi connectivity index (χ1v) is 8.69. The molecule has 2 heterocycles. The minimum atomic E-state index is 0. The number of aliphatic imine (C=N–C) groups is 1. The molecule has 0 aliphatic carbocycles. The van der Waals surface area contributed by atoms with Gasteiger partial charge >= 0.3 is 0 Å². The van der Waals surface area contributed by atoms with Crippen molar-refractivity contribution >= 4 is 29.9 Å². The molecule has 1 aliphatic rings. The van der Waals surface area contributed by atoms with Crippen molar-refractivity contribution in [1.82, 2.24) is 30.3 Å². The van der Waals surface area contributed by atoms with E-state index < -0.39 is 0 Å². The number of nitrogens with one attached hydrogen (secondary N) is 2. The second-order valence-electron chi connectivity index (χ2n) is 6.44. The molecule has 0 bridgehead atoms. The molecule has 1 aliphatic heterocycles. The monoisotopic (exact) mass is 449 g/mol. The molecule has 138 valence electrons. The minimum absolute atomic E-state index is 0. The van der Waals surface area contributed by atoms with Gasteiger partial charge in [0.1, 0.15) is 18.7 Å². The summed E-state index contributed by atoms with van der Waals surface area (Å²) < 4.78 is 1.75. The fourth-order valence-corrected chi connectivity index (χ4v) is 2.80. The molecule has 0 amide bonds. The molecule has 2 N–H and O–H groups in total. The summed E-state index contributed by atoms with van der Waals surface area (Å²) in [5, 5.41) is 10.8. The maximum atomic E-state index is 4.60. The molecule has 1 unspecified atom stereocenters. The number of halogens is 1. The van der Waals surface area contributed by atoms with Gasteiger partial charge in [-0.15, -0.1) is 24.0 Å². The molecule has 1 saturated heterocycles. The predicted molar refractivity (Wildman–Crippen MR) is 109 cm³/mol. The van der Waals surface area contributed by atoms with E-state index in [2.05, 4.69) is 51.4 Å². The average Bonchev–Trinajstić information content (AvgIpc) is 2.95. The van der Waals surface area contributed by atoms with Gasteiger partial charge in [0.2, 0.25) is 0 Å². The van der Waals surface area contributed by atoms with Crippen molar-refractivity contribution in [2.45, 2.75) is 46.2 Å². The number of rotatable bonds is 6. The summed E-state index contributed by atoms with van der Waals surface area (Å²) in [6, 6.07) is 0.515. The van der Waals surface area contributed by atoms with E-state index in [-0.39, 0.29) is 24.0 Å². The van der Waals surface area contributed by atoms with Gasteiger partial charge in [0.25, 0.3) is 0 Å². The molecule has 0 aromatic carbocycles. The van der Waals surface area contributed by atoms with Crippen LogP contribution in [0.25, 0.3) is 0 Å². The fraction of sp³-hybridized carbons (Fsp3) is 0.812. The second-order valence-corrected chi connectivity index (χ2v) is 6.44. The van der Waals surface area contributed by atoms with Crippen LogP contribution in [-0.4, -0.2) is 57.8 Å². The topological polar surface area (TPSA) is 70.4 Å². The Bertz CT molecular complexity index is 494. The molecule has 24 heavy (non-hydrogen) atoms. The van der Waals surface area contributed by atoms with E-state index in [1.807, 2.05) is 7.05 Å². The van der Waals surface area contributed by atoms with Gasteiger partial charge in [-0.1, -0.05) is 6.92 Å². The predicted octanol–water partition coefficient (Wildman–Crippen LogP) is 1.61. The first-order chi connectivity index (χ1) is 11.1. The number of guanidine groups is 1. The van der Waals surface area contributed by atoms with Gasteiger partial charge in [-0.3, -0.25) is 9.58 Å². The second kappa shape index (κ2) is 10.9. The summed E-state index contributed by atoms with van der Waals surface area (Å²) in [4.78, 5) is 11.4. The van der Waals surface area contributed by atoms with Gasteiger partial charge in [0.15, 0.2) is 5.96 Å². The van der Waals surface area contributed by atoms with Crippen molar-refractivity contribution in [3.05, 3.63) is 12.2 Å². The molecule has 7 nitrogen and oxygen atoms in total. The highest BCUT2D eigenvalue weighted by atomic mass is 127. The maximum Gasteiger partial charge on any atom is 0.191 e. The summed E-state index contributed by atoms with van der Waals surface area (Å²) in [5.41, 5.74) is 0. The number of aromatic nitrogens is 3. The number of piperidine rings is 1. The van der Waals surface area contributed by atoms with E-state index >= 15 is 0 Å². The highest BCUT2D eigenvalue weighted by molar-refractivity contribution is 14.0. The zero-order valence-corrected chi connectivity index (χ0v) is 17.7. The molecule has 0 saturated carbocycles. The van der Waals surface area contributed by atoms with Crippen LogP contribution in [-0.2, 0) is 13.6 Å². The standard InChI is InChI=1S/C16H31N7.HI/c1-5-17-16(19-11-15-20-12-21-22(15)4)18-10-14(3)23-8-6-13(2)7-9-23;/h12-14H,5-11H2,1-4H3,(H2,17,18,19);1H. The van der Waals surface area contributed by atoms with Gasteiger partial charge in [0.05, 0.1) is 0 Å². The highest BCUT2D eigenvalue weighted by Crippen LogP contribution is 2.17. The summed E-state index contributed by atoms with van der Waals surface area (Å²) in [7, 11) is 1.89. The van der Waals surface area contributed by atoms with E-state index in [0.717, 1.165) is 30.8 Å². The van der Waals surface area contributed by atoms with Crippen LogP contribution < -0.4 is 10.6 Å². The Morgan fingerprint density at radius 2 is 2.08 bits per heavy atom. The number of hydrogen-bond acceptors (Lipinski definition) is 4. The van der Waals surface area contributed by atoms with Gasteiger partial charge in [0, 0.05) is 26.2 Å². The molecule has 1 aromatic heterocycles. The van der Waals surface area contributed by atoms with E-state index in [9.17, 15) is 0 Å². The molecular weight excluding hydrogens is 417 g/mol.